The summed E-state index contributed by atoms with van der Waals surface area (Å²) in [5.41, 5.74) is 8.77. The summed E-state index contributed by atoms with van der Waals surface area (Å²) in [5, 5.41) is 0. The highest BCUT2D eigenvalue weighted by atomic mass is 16.5. The van der Waals surface area contributed by atoms with E-state index in [0.29, 0.717) is 5.82 Å². The molecule has 25 heavy (non-hydrogen) atoms. The lowest BCUT2D eigenvalue weighted by Gasteiger charge is -2.06. The van der Waals surface area contributed by atoms with Gasteiger partial charge < -0.3 is 10.5 Å². The Kier molecular flexibility index (Phi) is 3.82. The van der Waals surface area contributed by atoms with Gasteiger partial charge >= 0.3 is 0 Å². The molecule has 0 aliphatic rings. The second-order valence-electron chi connectivity index (χ2n) is 5.70. The van der Waals surface area contributed by atoms with Gasteiger partial charge in [0.05, 0.1) is 0 Å². The number of rotatable bonds is 4. The number of para-hydroxylation sites is 1. The fourth-order valence-corrected chi connectivity index (χ4v) is 2.88. The lowest BCUT2D eigenvalue weighted by molar-refractivity contribution is 0.483. The molecule has 5 nitrogen and oxygen atoms in total. The molecular weight excluding hydrogens is 312 g/mol. The third-order valence-electron chi connectivity index (χ3n) is 4.08. The maximum absolute atomic E-state index is 6.10. The summed E-state index contributed by atoms with van der Waals surface area (Å²) in [6.45, 7) is 2.08. The summed E-state index contributed by atoms with van der Waals surface area (Å²) in [7, 11) is 0. The van der Waals surface area contributed by atoms with Gasteiger partial charge in [0.2, 0.25) is 0 Å². The molecule has 0 saturated carbocycles. The number of fused-ring (bicyclic) bond motifs is 1. The Morgan fingerprint density at radius 3 is 2.44 bits per heavy atom. The van der Waals surface area contributed by atoms with Gasteiger partial charge in [-0.15, -0.1) is 0 Å². The second kappa shape index (κ2) is 6.28. The molecule has 2 heterocycles. The predicted molar refractivity (Wildman–Crippen MR) is 98.7 cm³/mol. The standard InChI is InChI=1S/C20H18N4O/c1-2-17-23-18(19-20(21)22-12-13-24(17)19)14-8-10-16(11-9-14)25-15-6-4-3-5-7-15/h3-13H,2H2,1H3,(H2,21,22). The van der Waals surface area contributed by atoms with Crippen molar-refractivity contribution in [2.45, 2.75) is 13.3 Å². The first-order chi connectivity index (χ1) is 12.3. The highest BCUT2D eigenvalue weighted by molar-refractivity contribution is 5.85. The van der Waals surface area contributed by atoms with Crippen LogP contribution in [0.25, 0.3) is 16.8 Å². The number of nitrogens with two attached hydrogens (primary N) is 1. The van der Waals surface area contributed by atoms with E-state index in [9.17, 15) is 0 Å². The summed E-state index contributed by atoms with van der Waals surface area (Å²) in [6.07, 6.45) is 4.41. The van der Waals surface area contributed by atoms with E-state index in [4.69, 9.17) is 15.5 Å². The number of nitrogens with zero attached hydrogens (tertiary/aromatic N) is 3. The van der Waals surface area contributed by atoms with Crippen molar-refractivity contribution in [1.82, 2.24) is 14.4 Å². The van der Waals surface area contributed by atoms with Crippen molar-refractivity contribution in [2.75, 3.05) is 5.73 Å². The van der Waals surface area contributed by atoms with Crippen LogP contribution in [0, 0.1) is 0 Å². The Hall–Kier alpha value is -3.34. The van der Waals surface area contributed by atoms with Crippen LogP contribution in [0.4, 0.5) is 5.82 Å². The Bertz CT molecular complexity index is 1010. The first kappa shape index (κ1) is 15.2. The first-order valence-electron chi connectivity index (χ1n) is 8.21. The van der Waals surface area contributed by atoms with Gasteiger partial charge in [-0.2, -0.15) is 0 Å². The lowest BCUT2D eigenvalue weighted by atomic mass is 10.1. The highest BCUT2D eigenvalue weighted by Crippen LogP contribution is 2.30. The van der Waals surface area contributed by atoms with Crippen molar-refractivity contribution < 1.29 is 4.74 Å². The van der Waals surface area contributed by atoms with Gasteiger partial charge in [-0.25, -0.2) is 9.97 Å². The molecule has 0 amide bonds. The topological polar surface area (TPSA) is 65.4 Å². The molecule has 4 rings (SSSR count). The van der Waals surface area contributed by atoms with Gasteiger partial charge in [0.25, 0.3) is 0 Å². The van der Waals surface area contributed by atoms with Crippen molar-refractivity contribution in [3.05, 3.63) is 72.8 Å². The van der Waals surface area contributed by atoms with E-state index in [-0.39, 0.29) is 0 Å². The van der Waals surface area contributed by atoms with E-state index < -0.39 is 0 Å². The number of hydrogen-bond acceptors (Lipinski definition) is 4. The molecule has 4 aromatic rings. The Morgan fingerprint density at radius 1 is 1.00 bits per heavy atom. The normalized spacial score (nSPS) is 10.9. The molecule has 0 saturated heterocycles. The molecule has 2 aromatic carbocycles. The van der Waals surface area contributed by atoms with Gasteiger partial charge in [0.1, 0.15) is 34.4 Å². The third kappa shape index (κ3) is 2.80. The third-order valence-corrected chi connectivity index (χ3v) is 4.08. The maximum atomic E-state index is 6.10. The molecular formula is C20H18N4O. The van der Waals surface area contributed by atoms with Crippen LogP contribution in [0.1, 0.15) is 12.7 Å². The molecule has 2 aromatic heterocycles. The minimum absolute atomic E-state index is 0.481. The van der Waals surface area contributed by atoms with Gasteiger partial charge in [0.15, 0.2) is 0 Å². The van der Waals surface area contributed by atoms with Gasteiger partial charge in [0, 0.05) is 24.4 Å². The van der Waals surface area contributed by atoms with Crippen molar-refractivity contribution in [3.8, 4) is 22.8 Å². The van der Waals surface area contributed by atoms with Crippen molar-refractivity contribution in [1.29, 1.82) is 0 Å². The van der Waals surface area contributed by atoms with E-state index in [0.717, 1.165) is 40.5 Å². The van der Waals surface area contributed by atoms with Gasteiger partial charge in [-0.05, 0) is 36.4 Å². The molecule has 2 N–H and O–H groups in total. The minimum Gasteiger partial charge on any atom is -0.457 e. The van der Waals surface area contributed by atoms with Crippen LogP contribution in [0.5, 0.6) is 11.5 Å². The number of benzene rings is 2. The SMILES string of the molecule is CCc1nc(-c2ccc(Oc3ccccc3)cc2)c2c(N)nccn12. The summed E-state index contributed by atoms with van der Waals surface area (Å²) in [5.74, 6) is 3.03. The van der Waals surface area contributed by atoms with Crippen LogP contribution < -0.4 is 10.5 Å². The number of ether oxygens (including phenoxy) is 1. The summed E-state index contributed by atoms with van der Waals surface area (Å²) < 4.78 is 7.85. The van der Waals surface area contributed by atoms with E-state index in [2.05, 4.69) is 11.9 Å². The fourth-order valence-electron chi connectivity index (χ4n) is 2.88. The van der Waals surface area contributed by atoms with E-state index in [1.54, 1.807) is 6.20 Å². The van der Waals surface area contributed by atoms with Crippen LogP contribution >= 0.6 is 0 Å². The lowest BCUT2D eigenvalue weighted by Crippen LogP contribution is -1.97. The van der Waals surface area contributed by atoms with Crippen molar-refractivity contribution >= 4 is 11.3 Å². The predicted octanol–water partition coefficient (Wildman–Crippen LogP) is 4.33. The van der Waals surface area contributed by atoms with E-state index >= 15 is 0 Å². The molecule has 124 valence electrons. The number of aryl methyl sites for hydroxylation is 1. The number of nitrogen functional groups attached to an aromatic ring is 1. The fraction of sp³-hybridized carbons (Fsp3) is 0.100. The Balaban J connectivity index is 1.72. The summed E-state index contributed by atoms with van der Waals surface area (Å²) in [4.78, 5) is 8.96. The molecule has 0 aliphatic heterocycles. The molecule has 0 fully saturated rings. The van der Waals surface area contributed by atoms with Crippen molar-refractivity contribution in [2.24, 2.45) is 0 Å². The summed E-state index contributed by atoms with van der Waals surface area (Å²) >= 11 is 0. The van der Waals surface area contributed by atoms with Crippen molar-refractivity contribution in [3.63, 3.8) is 0 Å². The Morgan fingerprint density at radius 2 is 1.72 bits per heavy atom. The summed E-state index contributed by atoms with van der Waals surface area (Å²) in [6, 6.07) is 17.6. The second-order valence-corrected chi connectivity index (χ2v) is 5.70. The zero-order valence-corrected chi connectivity index (χ0v) is 13.9. The quantitative estimate of drug-likeness (QED) is 0.605. The maximum Gasteiger partial charge on any atom is 0.150 e. The average Bonchev–Trinajstić information content (AvgIpc) is 3.03. The number of aromatic nitrogens is 3. The zero-order valence-electron chi connectivity index (χ0n) is 13.9. The van der Waals surface area contributed by atoms with Crippen LogP contribution in [0.15, 0.2) is 67.0 Å². The zero-order chi connectivity index (χ0) is 17.2. The first-order valence-corrected chi connectivity index (χ1v) is 8.21. The number of hydrogen-bond donors (Lipinski definition) is 1. The van der Waals surface area contributed by atoms with Crippen LogP contribution in [0.3, 0.4) is 0 Å². The molecule has 0 bridgehead atoms. The van der Waals surface area contributed by atoms with Crippen LogP contribution in [0.2, 0.25) is 0 Å². The van der Waals surface area contributed by atoms with Crippen LogP contribution in [-0.4, -0.2) is 14.4 Å². The molecule has 0 radical (unpaired) electrons. The molecule has 0 atom stereocenters. The smallest absolute Gasteiger partial charge is 0.150 e. The molecule has 0 aliphatic carbocycles. The van der Waals surface area contributed by atoms with Gasteiger partial charge in [-0.1, -0.05) is 25.1 Å². The van der Waals surface area contributed by atoms with Crippen LogP contribution in [-0.2, 0) is 6.42 Å². The average molecular weight is 330 g/mol. The largest absolute Gasteiger partial charge is 0.457 e. The molecule has 5 heteroatoms. The minimum atomic E-state index is 0.481. The number of anilines is 1. The monoisotopic (exact) mass is 330 g/mol. The highest BCUT2D eigenvalue weighted by Gasteiger charge is 2.14. The molecule has 0 spiro atoms. The van der Waals surface area contributed by atoms with Gasteiger partial charge in [-0.3, -0.25) is 4.40 Å². The molecule has 0 unspecified atom stereocenters. The van der Waals surface area contributed by atoms with E-state index in [1.807, 2.05) is 65.2 Å². The Labute approximate surface area is 145 Å². The number of imidazole rings is 1. The van der Waals surface area contributed by atoms with E-state index in [1.165, 1.54) is 0 Å².